The third-order valence-corrected chi connectivity index (χ3v) is 4.07. The lowest BCUT2D eigenvalue weighted by Gasteiger charge is -2.32. The SMILES string of the molecule is Cc1cccc(NC(=O)N2CCCC(C(=O)NCC(C)(C)N)C2)c1.Cl. The molecule has 7 heteroatoms. The van der Waals surface area contributed by atoms with Gasteiger partial charge in [0.1, 0.15) is 0 Å². The van der Waals surface area contributed by atoms with E-state index in [0.29, 0.717) is 19.6 Å². The van der Waals surface area contributed by atoms with Crippen LogP contribution in [0.1, 0.15) is 32.3 Å². The van der Waals surface area contributed by atoms with E-state index in [4.69, 9.17) is 5.73 Å². The molecule has 1 atom stereocenters. The van der Waals surface area contributed by atoms with Crippen LogP contribution in [0.15, 0.2) is 24.3 Å². The van der Waals surface area contributed by atoms with Crippen molar-refractivity contribution in [2.75, 3.05) is 25.0 Å². The van der Waals surface area contributed by atoms with Gasteiger partial charge in [-0.25, -0.2) is 4.79 Å². The fraction of sp³-hybridized carbons (Fsp3) is 0.556. The van der Waals surface area contributed by atoms with Crippen molar-refractivity contribution < 1.29 is 9.59 Å². The molecule has 1 unspecified atom stereocenters. The highest BCUT2D eigenvalue weighted by atomic mass is 35.5. The number of nitrogens with one attached hydrogen (secondary N) is 2. The lowest BCUT2D eigenvalue weighted by atomic mass is 9.97. The number of rotatable bonds is 4. The minimum atomic E-state index is -0.438. The van der Waals surface area contributed by atoms with Gasteiger partial charge in [0.15, 0.2) is 0 Å². The zero-order chi connectivity index (χ0) is 17.7. The number of urea groups is 1. The van der Waals surface area contributed by atoms with Crippen LogP contribution in [0, 0.1) is 12.8 Å². The maximum absolute atomic E-state index is 12.4. The summed E-state index contributed by atoms with van der Waals surface area (Å²) in [6, 6.07) is 7.52. The van der Waals surface area contributed by atoms with Crippen LogP contribution in [0.25, 0.3) is 0 Å². The van der Waals surface area contributed by atoms with Crippen LogP contribution < -0.4 is 16.4 Å². The van der Waals surface area contributed by atoms with Gasteiger partial charge in [-0.05, 0) is 51.3 Å². The van der Waals surface area contributed by atoms with Gasteiger partial charge < -0.3 is 21.3 Å². The molecule has 0 radical (unpaired) electrons. The minimum absolute atomic E-state index is 0. The van der Waals surface area contributed by atoms with Crippen molar-refractivity contribution in [1.82, 2.24) is 10.2 Å². The van der Waals surface area contributed by atoms with Crippen molar-refractivity contribution in [1.29, 1.82) is 0 Å². The molecule has 1 saturated heterocycles. The van der Waals surface area contributed by atoms with Gasteiger partial charge in [0.05, 0.1) is 5.92 Å². The Kier molecular flexibility index (Phi) is 7.70. The highest BCUT2D eigenvalue weighted by Crippen LogP contribution is 2.18. The summed E-state index contributed by atoms with van der Waals surface area (Å²) in [4.78, 5) is 26.4. The minimum Gasteiger partial charge on any atom is -0.354 e. The molecule has 6 nitrogen and oxygen atoms in total. The first-order valence-corrected chi connectivity index (χ1v) is 8.44. The Morgan fingerprint density at radius 2 is 2.08 bits per heavy atom. The first kappa shape index (κ1) is 21.3. The second-order valence-corrected chi connectivity index (χ2v) is 7.29. The molecule has 0 aliphatic carbocycles. The maximum atomic E-state index is 12.4. The average molecular weight is 369 g/mol. The zero-order valence-corrected chi connectivity index (χ0v) is 16.0. The van der Waals surface area contributed by atoms with Gasteiger partial charge in [0.2, 0.25) is 5.91 Å². The monoisotopic (exact) mass is 368 g/mol. The maximum Gasteiger partial charge on any atom is 0.321 e. The number of carbonyl (C=O) groups excluding carboxylic acids is 2. The van der Waals surface area contributed by atoms with Crippen LogP contribution in [0.3, 0.4) is 0 Å². The average Bonchev–Trinajstić information content (AvgIpc) is 2.52. The number of hydrogen-bond donors (Lipinski definition) is 3. The molecule has 0 saturated carbocycles. The molecule has 1 aromatic rings. The van der Waals surface area contributed by atoms with Crippen molar-refractivity contribution in [2.24, 2.45) is 11.7 Å². The molecule has 4 N–H and O–H groups in total. The van der Waals surface area contributed by atoms with Crippen LogP contribution in [0.2, 0.25) is 0 Å². The van der Waals surface area contributed by atoms with E-state index in [0.717, 1.165) is 24.1 Å². The summed E-state index contributed by atoms with van der Waals surface area (Å²) >= 11 is 0. The van der Waals surface area contributed by atoms with E-state index in [1.165, 1.54) is 0 Å². The molecule has 1 aromatic carbocycles. The first-order chi connectivity index (χ1) is 11.2. The first-order valence-electron chi connectivity index (χ1n) is 8.44. The smallest absolute Gasteiger partial charge is 0.321 e. The molecule has 25 heavy (non-hydrogen) atoms. The Balaban J connectivity index is 0.00000312. The predicted octanol–water partition coefficient (Wildman–Crippen LogP) is 2.51. The molecule has 1 aliphatic rings. The van der Waals surface area contributed by atoms with Gasteiger partial charge in [-0.2, -0.15) is 0 Å². The topological polar surface area (TPSA) is 87.5 Å². The number of nitrogens with zero attached hydrogens (tertiary/aromatic N) is 1. The van der Waals surface area contributed by atoms with Crippen LogP contribution in [0.5, 0.6) is 0 Å². The molecular formula is C18H29ClN4O2. The standard InChI is InChI=1S/C18H28N4O2.ClH/c1-13-6-4-8-15(10-13)21-17(24)22-9-5-7-14(11-22)16(23)20-12-18(2,3)19;/h4,6,8,10,14H,5,7,9,11-12,19H2,1-3H3,(H,20,23)(H,21,24);1H. The van der Waals surface area contributed by atoms with Gasteiger partial charge in [0.25, 0.3) is 0 Å². The Morgan fingerprint density at radius 1 is 1.36 bits per heavy atom. The van der Waals surface area contributed by atoms with E-state index in [-0.39, 0.29) is 30.3 Å². The fourth-order valence-electron chi connectivity index (χ4n) is 2.76. The van der Waals surface area contributed by atoms with Crippen molar-refractivity contribution in [2.45, 2.75) is 39.2 Å². The lowest BCUT2D eigenvalue weighted by Crippen LogP contribution is -2.50. The molecule has 1 heterocycles. The quantitative estimate of drug-likeness (QED) is 0.763. The normalized spacial score (nSPS) is 17.4. The van der Waals surface area contributed by atoms with Crippen molar-refractivity contribution in [3.8, 4) is 0 Å². The third-order valence-electron chi connectivity index (χ3n) is 4.07. The number of nitrogens with two attached hydrogens (primary N) is 1. The van der Waals surface area contributed by atoms with Gasteiger partial charge in [-0.15, -0.1) is 12.4 Å². The van der Waals surface area contributed by atoms with Crippen molar-refractivity contribution in [3.05, 3.63) is 29.8 Å². The molecule has 1 fully saturated rings. The number of likely N-dealkylation sites (tertiary alicyclic amines) is 1. The summed E-state index contributed by atoms with van der Waals surface area (Å²) in [5, 5.41) is 5.79. The molecule has 2 rings (SSSR count). The Bertz CT molecular complexity index is 601. The number of amides is 3. The molecule has 3 amide bonds. The van der Waals surface area contributed by atoms with E-state index in [1.54, 1.807) is 4.90 Å². The highest BCUT2D eigenvalue weighted by Gasteiger charge is 2.29. The second-order valence-electron chi connectivity index (χ2n) is 7.29. The van der Waals surface area contributed by atoms with E-state index in [2.05, 4.69) is 10.6 Å². The van der Waals surface area contributed by atoms with Gasteiger partial charge >= 0.3 is 6.03 Å². The Hall–Kier alpha value is -1.79. The fourth-order valence-corrected chi connectivity index (χ4v) is 2.76. The van der Waals surface area contributed by atoms with Crippen LogP contribution in [-0.2, 0) is 4.79 Å². The molecule has 0 aromatic heterocycles. The van der Waals surface area contributed by atoms with Crippen LogP contribution in [-0.4, -0.2) is 42.0 Å². The summed E-state index contributed by atoms with van der Waals surface area (Å²) in [7, 11) is 0. The van der Waals surface area contributed by atoms with E-state index in [9.17, 15) is 9.59 Å². The number of carbonyl (C=O) groups is 2. The predicted molar refractivity (Wildman–Crippen MR) is 103 cm³/mol. The highest BCUT2D eigenvalue weighted by molar-refractivity contribution is 5.90. The number of hydrogen-bond acceptors (Lipinski definition) is 3. The summed E-state index contributed by atoms with van der Waals surface area (Å²) in [5.41, 5.74) is 7.33. The summed E-state index contributed by atoms with van der Waals surface area (Å²) in [6.07, 6.45) is 1.62. The number of benzene rings is 1. The van der Waals surface area contributed by atoms with Crippen molar-refractivity contribution in [3.63, 3.8) is 0 Å². The lowest BCUT2D eigenvalue weighted by molar-refractivity contribution is -0.126. The number of aryl methyl sites for hydroxylation is 1. The van der Waals surface area contributed by atoms with Crippen LogP contribution in [0.4, 0.5) is 10.5 Å². The summed E-state index contributed by atoms with van der Waals surface area (Å²) in [6.45, 7) is 7.26. The van der Waals surface area contributed by atoms with Gasteiger partial charge in [-0.3, -0.25) is 4.79 Å². The zero-order valence-electron chi connectivity index (χ0n) is 15.2. The van der Waals surface area contributed by atoms with E-state index in [1.807, 2.05) is 45.0 Å². The van der Waals surface area contributed by atoms with E-state index >= 15 is 0 Å². The number of anilines is 1. The Labute approximate surface area is 155 Å². The molecule has 1 aliphatic heterocycles. The largest absolute Gasteiger partial charge is 0.354 e. The molecule has 0 bridgehead atoms. The second kappa shape index (κ2) is 9.06. The molecular weight excluding hydrogens is 340 g/mol. The molecule has 0 spiro atoms. The number of piperidine rings is 1. The van der Waals surface area contributed by atoms with E-state index < -0.39 is 5.54 Å². The summed E-state index contributed by atoms with van der Waals surface area (Å²) < 4.78 is 0. The Morgan fingerprint density at radius 3 is 2.72 bits per heavy atom. The van der Waals surface area contributed by atoms with Gasteiger partial charge in [-0.1, -0.05) is 12.1 Å². The van der Waals surface area contributed by atoms with Crippen LogP contribution >= 0.6 is 12.4 Å². The van der Waals surface area contributed by atoms with Gasteiger partial charge in [0, 0.05) is 30.9 Å². The van der Waals surface area contributed by atoms with Crippen molar-refractivity contribution >= 4 is 30.0 Å². The molecule has 140 valence electrons. The number of halogens is 1. The third kappa shape index (κ3) is 6.92. The summed E-state index contributed by atoms with van der Waals surface area (Å²) in [5.74, 6) is -0.203.